The highest BCUT2D eigenvalue weighted by Gasteiger charge is 2.45. The maximum Gasteiger partial charge on any atom is 0.303 e. The maximum absolute atomic E-state index is 16.2. The smallest absolute Gasteiger partial charge is 0.303 e. The number of nitrogens with one attached hydrogen (secondary N) is 2. The Morgan fingerprint density at radius 2 is 0.827 bits per heavy atom. The molecule has 25 heteroatoms. The van der Waals surface area contributed by atoms with Crippen LogP contribution in [0.25, 0.3) is 90.9 Å². The van der Waals surface area contributed by atoms with Crippen LogP contribution in [0.3, 0.4) is 0 Å². The van der Waals surface area contributed by atoms with Crippen molar-refractivity contribution in [2.45, 2.75) is 46.2 Å². The summed E-state index contributed by atoms with van der Waals surface area (Å²) in [7, 11) is 0. The molecular weight excluding hydrogens is 1110 g/mol. The number of benzene rings is 4. The van der Waals surface area contributed by atoms with E-state index in [0.717, 1.165) is 49.4 Å². The minimum atomic E-state index is -2.65. The second-order valence-electron chi connectivity index (χ2n) is 18.6. The highest BCUT2D eigenvalue weighted by atomic mass is 19.2. The van der Waals surface area contributed by atoms with Gasteiger partial charge < -0.3 is 28.9 Å². The third-order valence-electron chi connectivity index (χ3n) is 13.8. The van der Waals surface area contributed by atoms with E-state index in [1.54, 1.807) is 13.8 Å². The molecule has 0 spiro atoms. The Balaban J connectivity index is 1.34. The third-order valence-corrected chi connectivity index (χ3v) is 13.8. The minimum absolute atomic E-state index is 0.0397. The lowest BCUT2D eigenvalue weighted by atomic mass is 9.83. The van der Waals surface area contributed by atoms with Crippen molar-refractivity contribution in [3.63, 3.8) is 0 Å². The van der Waals surface area contributed by atoms with Gasteiger partial charge in [-0.15, -0.1) is 0 Å². The first-order valence-corrected chi connectivity index (χ1v) is 23.8. The Labute approximate surface area is 445 Å². The van der Waals surface area contributed by atoms with E-state index in [4.69, 9.17) is 18.9 Å². The molecule has 4 aromatic carbocycles. The molecule has 2 N–H and O–H groups in total. The molecule has 3 aliphatic rings. The van der Waals surface area contributed by atoms with E-state index in [2.05, 4.69) is 19.9 Å². The first-order valence-electron chi connectivity index (χ1n) is 23.8. The van der Waals surface area contributed by atoms with Crippen LogP contribution in [0.1, 0.15) is 50.5 Å². The normalized spacial score (nSPS) is 17.7. The molecule has 10 rings (SSSR count). The van der Waals surface area contributed by atoms with Crippen LogP contribution in [0.2, 0.25) is 0 Å². The molecule has 2 unspecified atom stereocenters. The Morgan fingerprint density at radius 3 is 1.20 bits per heavy atom. The van der Waals surface area contributed by atoms with Gasteiger partial charge in [-0.25, -0.2) is 75.8 Å². The molecule has 10 nitrogen and oxygen atoms in total. The van der Waals surface area contributed by atoms with Crippen molar-refractivity contribution in [2.75, 3.05) is 6.61 Å². The van der Waals surface area contributed by atoms with Crippen LogP contribution in [0, 0.1) is 99.1 Å². The Morgan fingerprint density at radius 1 is 0.469 bits per heavy atom. The van der Waals surface area contributed by atoms with Gasteiger partial charge in [0.1, 0.15) is 12.4 Å². The molecule has 7 aromatic rings. The molecule has 0 aliphatic carbocycles. The van der Waals surface area contributed by atoms with Crippen LogP contribution >= 0.6 is 0 Å². The van der Waals surface area contributed by atoms with E-state index < -0.39 is 197 Å². The zero-order valence-corrected chi connectivity index (χ0v) is 41.5. The number of halogens is 15. The van der Waals surface area contributed by atoms with Crippen molar-refractivity contribution in [3.8, 4) is 50.3 Å². The molecule has 1 saturated heterocycles. The summed E-state index contributed by atoms with van der Waals surface area (Å²) >= 11 is 0. The Bertz CT molecular complexity index is 3950. The van der Waals surface area contributed by atoms with Gasteiger partial charge in [-0.05, 0) is 72.2 Å². The van der Waals surface area contributed by atoms with Crippen LogP contribution in [0.4, 0.5) is 65.9 Å². The molecule has 5 atom stereocenters. The Hall–Kier alpha value is -8.87. The number of esters is 2. The van der Waals surface area contributed by atoms with Crippen molar-refractivity contribution >= 4 is 58.3 Å². The number of nitrogens with zero attached hydrogens (tertiary/aromatic N) is 2. The average molecular weight is 1140 g/mol. The zero-order chi connectivity index (χ0) is 58.4. The molecule has 1 fully saturated rings. The van der Waals surface area contributed by atoms with Gasteiger partial charge in [0.05, 0.1) is 45.6 Å². The SMILES string of the molecule is CC(=O)OCC1O[C@@H](Oc2cccc(-c3c4nc(c(-c5c(F)c(F)c(F)c(F)c5F)c5ccc([nH]5)c(-c5c(F)c(F)c(F)c(F)c5F)c5nc(c(-c6c(F)c(F)c(F)c(F)c6F)c6ccc3[nH]6)C=C5)C=C4)c2)C(OC(C)=O)[C@@H](C)[C@@H]1C. The second kappa shape index (κ2) is 21.0. The largest absolute Gasteiger partial charge is 0.463 e. The number of H-pyrrole nitrogens is 2. The molecule has 81 heavy (non-hydrogen) atoms. The highest BCUT2D eigenvalue weighted by molar-refractivity contribution is 6.00. The number of aromatic amines is 2. The highest BCUT2D eigenvalue weighted by Crippen LogP contribution is 2.44. The number of carbonyl (C=O) groups is 2. The molecule has 3 aliphatic heterocycles. The van der Waals surface area contributed by atoms with E-state index in [1.807, 2.05) is 0 Å². The Kier molecular flexibility index (Phi) is 14.4. The second-order valence-corrected chi connectivity index (χ2v) is 18.6. The third kappa shape index (κ3) is 9.40. The number of aromatic nitrogens is 4. The summed E-state index contributed by atoms with van der Waals surface area (Å²) in [6.45, 7) is 5.56. The average Bonchev–Trinajstić information content (AvgIpc) is 4.34. The molecule has 418 valence electrons. The monoisotopic (exact) mass is 1140 g/mol. The summed E-state index contributed by atoms with van der Waals surface area (Å²) < 4.78 is 255. The van der Waals surface area contributed by atoms with Crippen LogP contribution in [-0.4, -0.2) is 57.0 Å². The van der Waals surface area contributed by atoms with Crippen LogP contribution in [0.5, 0.6) is 5.75 Å². The topological polar surface area (TPSA) is 128 Å². The standard InChI is InChI=1S/C56H33F15N4O6/c1-18-19(2)55(79-21(4)77)56(81-32(18)17-78-20(3)76)80-23-7-5-6-22(16-23)33-24-8-10-26(72-24)34(37-40(57)46(63)52(69)47(64)41(37)58)28-12-14-30(74-28)36(39-44(61)50(67)54(71)51(68)45(39)62)31-15-13-29(75-31)35(27-11-9-25(33)73-27)38-42(59)48(65)53(70)49(66)43(38)60/h5-16,18-19,32,55-56,72,75H,17H2,1-4H3/t18-,19-,32?,55?,56+/m0/s1. The van der Waals surface area contributed by atoms with Crippen molar-refractivity contribution in [3.05, 3.63) is 159 Å². The summed E-state index contributed by atoms with van der Waals surface area (Å²) in [6.07, 6.45) is 0.396. The number of ether oxygens (including phenoxy) is 4. The van der Waals surface area contributed by atoms with Crippen LogP contribution < -0.4 is 4.74 Å². The first-order chi connectivity index (χ1) is 38.4. The van der Waals surface area contributed by atoms with E-state index in [1.165, 1.54) is 37.3 Å². The fourth-order valence-electron chi connectivity index (χ4n) is 9.73. The predicted octanol–water partition coefficient (Wildman–Crippen LogP) is 14.3. The van der Waals surface area contributed by atoms with Gasteiger partial charge in [0.25, 0.3) is 0 Å². The minimum Gasteiger partial charge on any atom is -0.463 e. The summed E-state index contributed by atoms with van der Waals surface area (Å²) in [5.41, 5.74) is -13.1. The molecule has 0 amide bonds. The van der Waals surface area contributed by atoms with E-state index in [0.29, 0.717) is 0 Å². The van der Waals surface area contributed by atoms with Gasteiger partial charge in [-0.2, -0.15) is 0 Å². The van der Waals surface area contributed by atoms with Crippen molar-refractivity contribution in [1.29, 1.82) is 0 Å². The number of fused-ring (bicyclic) bond motifs is 8. The number of hydrogen-bond donors (Lipinski definition) is 2. The predicted molar refractivity (Wildman–Crippen MR) is 260 cm³/mol. The fourth-order valence-corrected chi connectivity index (χ4v) is 9.73. The van der Waals surface area contributed by atoms with Gasteiger partial charge in [0.2, 0.25) is 23.7 Å². The zero-order valence-electron chi connectivity index (χ0n) is 41.5. The van der Waals surface area contributed by atoms with Crippen LogP contribution in [0.15, 0.2) is 48.5 Å². The summed E-state index contributed by atoms with van der Waals surface area (Å²) in [6, 6.07) is 9.38. The summed E-state index contributed by atoms with van der Waals surface area (Å²) in [5.74, 6) is -39.8. The lowest BCUT2D eigenvalue weighted by molar-refractivity contribution is -0.253. The first kappa shape index (κ1) is 55.4. The van der Waals surface area contributed by atoms with Gasteiger partial charge in [-0.1, -0.05) is 26.0 Å². The summed E-state index contributed by atoms with van der Waals surface area (Å²) in [5, 5.41) is 0. The van der Waals surface area contributed by atoms with Crippen molar-refractivity contribution in [1.82, 2.24) is 19.9 Å². The maximum atomic E-state index is 16.2. The molecule has 0 radical (unpaired) electrons. The molecule has 3 aromatic heterocycles. The number of rotatable bonds is 9. The van der Waals surface area contributed by atoms with Gasteiger partial charge in [0.15, 0.2) is 75.9 Å². The lowest BCUT2D eigenvalue weighted by Crippen LogP contribution is -2.54. The molecular formula is C56H33F15N4O6. The fraction of sp³-hybridized carbons (Fsp3) is 0.179. The molecule has 6 heterocycles. The van der Waals surface area contributed by atoms with E-state index >= 15 is 52.7 Å². The molecule has 8 bridgehead atoms. The van der Waals surface area contributed by atoms with Crippen LogP contribution in [-0.2, 0) is 23.8 Å². The van der Waals surface area contributed by atoms with E-state index in [9.17, 15) is 22.8 Å². The van der Waals surface area contributed by atoms with Gasteiger partial charge in [0, 0.05) is 64.1 Å². The van der Waals surface area contributed by atoms with E-state index in [-0.39, 0.29) is 34.7 Å². The van der Waals surface area contributed by atoms with Crippen molar-refractivity contribution < 1.29 is 94.4 Å². The number of carbonyl (C=O) groups excluding carboxylic acids is 2. The summed E-state index contributed by atoms with van der Waals surface area (Å²) in [4.78, 5) is 38.1. The number of hydrogen-bond acceptors (Lipinski definition) is 8. The van der Waals surface area contributed by atoms with Gasteiger partial charge >= 0.3 is 11.9 Å². The molecule has 0 saturated carbocycles. The quantitative estimate of drug-likeness (QED) is 0.0633. The van der Waals surface area contributed by atoms with Gasteiger partial charge in [-0.3, -0.25) is 9.59 Å². The van der Waals surface area contributed by atoms with Crippen molar-refractivity contribution in [2.24, 2.45) is 11.8 Å². The lowest BCUT2D eigenvalue weighted by Gasteiger charge is -2.43.